The molecule has 0 saturated carbocycles. The topological polar surface area (TPSA) is 107 Å². The number of nitrogens with one attached hydrogen (secondary N) is 2. The maximum Gasteiger partial charge on any atom is 0.338 e. The van der Waals surface area contributed by atoms with Crippen molar-refractivity contribution in [1.82, 2.24) is 15.6 Å². The molecule has 2 rings (SSSR count). The Labute approximate surface area is 167 Å². The molecule has 2 aromatic rings. The van der Waals surface area contributed by atoms with Crippen molar-refractivity contribution in [1.29, 1.82) is 0 Å². The lowest BCUT2D eigenvalue weighted by molar-refractivity contribution is -0.123. The Morgan fingerprint density at radius 1 is 1.14 bits per heavy atom. The molecule has 0 aliphatic carbocycles. The Morgan fingerprint density at radius 2 is 1.82 bits per heavy atom. The summed E-state index contributed by atoms with van der Waals surface area (Å²) in [6, 6.07) is 5.69. The van der Waals surface area contributed by atoms with Gasteiger partial charge in [0.2, 0.25) is 0 Å². The van der Waals surface area contributed by atoms with Crippen LogP contribution in [0.2, 0.25) is 0 Å². The second-order valence-corrected chi connectivity index (χ2v) is 8.06. The summed E-state index contributed by atoms with van der Waals surface area (Å²) in [5.74, 6) is -0.805. The molecule has 1 heterocycles. The Hall–Kier alpha value is -2.94. The third-order valence-corrected chi connectivity index (χ3v) is 4.04. The highest BCUT2D eigenvalue weighted by Gasteiger charge is 2.17. The molecule has 0 bridgehead atoms. The van der Waals surface area contributed by atoms with E-state index in [-0.39, 0.29) is 5.56 Å². The van der Waals surface area contributed by atoms with Crippen molar-refractivity contribution in [3.8, 4) is 5.75 Å². The van der Waals surface area contributed by atoms with E-state index in [4.69, 9.17) is 9.47 Å². The fourth-order valence-corrected chi connectivity index (χ4v) is 2.67. The van der Waals surface area contributed by atoms with Gasteiger partial charge in [-0.05, 0) is 52.0 Å². The molecule has 0 atom stereocenters. The number of carbonyl (C=O) groups excluding carboxylic acids is 3. The van der Waals surface area contributed by atoms with E-state index in [2.05, 4.69) is 15.6 Å². The van der Waals surface area contributed by atoms with Gasteiger partial charge in [-0.25, -0.2) is 14.6 Å². The van der Waals surface area contributed by atoms with E-state index in [0.29, 0.717) is 12.4 Å². The number of imide groups is 1. The summed E-state index contributed by atoms with van der Waals surface area (Å²) >= 11 is 1.55. The first-order valence-corrected chi connectivity index (χ1v) is 9.43. The fraction of sp³-hybridized carbons (Fsp3) is 0.368. The van der Waals surface area contributed by atoms with E-state index in [1.807, 2.05) is 12.3 Å². The van der Waals surface area contributed by atoms with Crippen molar-refractivity contribution in [3.05, 3.63) is 45.9 Å². The molecule has 0 aliphatic heterocycles. The van der Waals surface area contributed by atoms with Gasteiger partial charge in [-0.2, -0.15) is 0 Å². The van der Waals surface area contributed by atoms with Gasteiger partial charge in [0, 0.05) is 10.9 Å². The van der Waals surface area contributed by atoms with Crippen molar-refractivity contribution in [3.63, 3.8) is 0 Å². The first kappa shape index (κ1) is 21.4. The second-order valence-electron chi connectivity index (χ2n) is 7.00. The summed E-state index contributed by atoms with van der Waals surface area (Å²) < 4.78 is 10.5. The smallest absolute Gasteiger partial charge is 0.338 e. The maximum atomic E-state index is 12.0. The number of aromatic nitrogens is 1. The number of hydrogen-bond donors (Lipinski definition) is 2. The normalized spacial score (nSPS) is 10.9. The van der Waals surface area contributed by atoms with E-state index < -0.39 is 30.1 Å². The molecule has 0 unspecified atom stereocenters. The van der Waals surface area contributed by atoms with E-state index in [0.717, 1.165) is 10.7 Å². The molecule has 28 heavy (non-hydrogen) atoms. The van der Waals surface area contributed by atoms with Crippen LogP contribution >= 0.6 is 11.3 Å². The lowest BCUT2D eigenvalue weighted by Gasteiger charge is -2.20. The minimum atomic E-state index is -0.714. The highest BCUT2D eigenvalue weighted by Crippen LogP contribution is 2.16. The molecule has 1 aromatic carbocycles. The van der Waals surface area contributed by atoms with Crippen LogP contribution in [0.25, 0.3) is 0 Å². The fourth-order valence-electron chi connectivity index (χ4n) is 2.07. The predicted molar refractivity (Wildman–Crippen MR) is 104 cm³/mol. The summed E-state index contributed by atoms with van der Waals surface area (Å²) in [5.41, 5.74) is 0.625. The standard InChI is InChI=1S/C19H23N3O5S/c1-12-20-14(11-28-12)9-26-15-7-5-13(6-8-15)17(24)27-10-16(23)21-18(25)22-19(2,3)4/h5-8,11H,9-10H2,1-4H3,(H2,21,22,23,25). The summed E-state index contributed by atoms with van der Waals surface area (Å²) in [5, 5.41) is 7.56. The lowest BCUT2D eigenvalue weighted by Crippen LogP contribution is -2.49. The summed E-state index contributed by atoms with van der Waals surface area (Å²) in [6.07, 6.45) is 0. The number of aryl methyl sites for hydroxylation is 1. The van der Waals surface area contributed by atoms with E-state index >= 15 is 0 Å². The third-order valence-electron chi connectivity index (χ3n) is 3.22. The van der Waals surface area contributed by atoms with Crippen molar-refractivity contribution in [2.24, 2.45) is 0 Å². The number of urea groups is 1. The van der Waals surface area contributed by atoms with Crippen molar-refractivity contribution < 1.29 is 23.9 Å². The molecule has 0 fully saturated rings. The van der Waals surface area contributed by atoms with Gasteiger partial charge in [0.1, 0.15) is 12.4 Å². The summed E-state index contributed by atoms with van der Waals surface area (Å²) in [4.78, 5) is 39.6. The third kappa shape index (κ3) is 7.36. The molecular formula is C19H23N3O5S. The minimum absolute atomic E-state index is 0.267. The SMILES string of the molecule is Cc1nc(COc2ccc(C(=O)OCC(=O)NC(=O)NC(C)(C)C)cc2)cs1. The zero-order chi connectivity index (χ0) is 20.7. The number of rotatable bonds is 6. The molecule has 2 N–H and O–H groups in total. The number of amides is 3. The molecule has 0 radical (unpaired) electrons. The molecular weight excluding hydrogens is 382 g/mol. The highest BCUT2D eigenvalue weighted by molar-refractivity contribution is 7.09. The van der Waals surface area contributed by atoms with Crippen molar-refractivity contribution >= 4 is 29.2 Å². The number of ether oxygens (including phenoxy) is 2. The molecule has 150 valence electrons. The van der Waals surface area contributed by atoms with Crippen molar-refractivity contribution in [2.75, 3.05) is 6.61 Å². The Morgan fingerprint density at radius 3 is 2.39 bits per heavy atom. The first-order valence-electron chi connectivity index (χ1n) is 8.55. The van der Waals surface area contributed by atoms with Crippen LogP contribution in [-0.4, -0.2) is 35.0 Å². The molecule has 0 saturated heterocycles. The van der Waals surface area contributed by atoms with Crippen LogP contribution in [0.15, 0.2) is 29.6 Å². The summed E-state index contributed by atoms with van der Waals surface area (Å²) in [7, 11) is 0. The zero-order valence-electron chi connectivity index (χ0n) is 16.2. The Balaban J connectivity index is 1.77. The Kier molecular flexibility index (Phi) is 7.11. The number of benzene rings is 1. The van der Waals surface area contributed by atoms with Crippen LogP contribution in [-0.2, 0) is 16.1 Å². The number of hydrogen-bond acceptors (Lipinski definition) is 7. The van der Waals surface area contributed by atoms with Gasteiger partial charge in [0.25, 0.3) is 5.91 Å². The van der Waals surface area contributed by atoms with Gasteiger partial charge in [-0.1, -0.05) is 0 Å². The van der Waals surface area contributed by atoms with Crippen LogP contribution in [0.1, 0.15) is 41.8 Å². The van der Waals surface area contributed by atoms with Gasteiger partial charge >= 0.3 is 12.0 Å². The molecule has 0 spiro atoms. The predicted octanol–water partition coefficient (Wildman–Crippen LogP) is 2.81. The molecule has 0 aliphatic rings. The van der Waals surface area contributed by atoms with Gasteiger partial charge in [-0.15, -0.1) is 11.3 Å². The van der Waals surface area contributed by atoms with Crippen LogP contribution in [0.4, 0.5) is 4.79 Å². The highest BCUT2D eigenvalue weighted by atomic mass is 32.1. The quantitative estimate of drug-likeness (QED) is 0.716. The first-order chi connectivity index (χ1) is 13.1. The van der Waals surface area contributed by atoms with Gasteiger partial charge in [0.05, 0.1) is 16.3 Å². The second kappa shape index (κ2) is 9.32. The number of esters is 1. The van der Waals surface area contributed by atoms with Crippen molar-refractivity contribution in [2.45, 2.75) is 39.8 Å². The van der Waals surface area contributed by atoms with Crippen LogP contribution in [0.3, 0.4) is 0 Å². The average molecular weight is 405 g/mol. The monoisotopic (exact) mass is 405 g/mol. The summed E-state index contributed by atoms with van der Waals surface area (Å²) in [6.45, 7) is 7.04. The van der Waals surface area contributed by atoms with Crippen LogP contribution < -0.4 is 15.4 Å². The number of carbonyl (C=O) groups is 3. The lowest BCUT2D eigenvalue weighted by atomic mass is 10.1. The molecule has 8 nitrogen and oxygen atoms in total. The largest absolute Gasteiger partial charge is 0.487 e. The molecule has 9 heteroatoms. The van der Waals surface area contributed by atoms with Gasteiger partial charge in [0.15, 0.2) is 6.61 Å². The minimum Gasteiger partial charge on any atom is -0.487 e. The number of nitrogens with zero attached hydrogens (tertiary/aromatic N) is 1. The average Bonchev–Trinajstić information content (AvgIpc) is 3.02. The molecule has 3 amide bonds. The Bertz CT molecular complexity index is 840. The van der Waals surface area contributed by atoms with E-state index in [1.165, 1.54) is 12.1 Å². The zero-order valence-corrected chi connectivity index (χ0v) is 17.0. The van der Waals surface area contributed by atoms with Crippen LogP contribution in [0.5, 0.6) is 5.75 Å². The van der Waals surface area contributed by atoms with Gasteiger partial charge in [-0.3, -0.25) is 10.1 Å². The van der Waals surface area contributed by atoms with E-state index in [9.17, 15) is 14.4 Å². The van der Waals surface area contributed by atoms with Crippen LogP contribution in [0, 0.1) is 6.92 Å². The molecule has 1 aromatic heterocycles. The van der Waals surface area contributed by atoms with E-state index in [1.54, 1.807) is 44.2 Å². The van der Waals surface area contributed by atoms with Gasteiger partial charge < -0.3 is 14.8 Å². The number of thiazole rings is 1. The maximum absolute atomic E-state index is 12.0.